The third-order valence-corrected chi connectivity index (χ3v) is 5.20. The average Bonchev–Trinajstić information content (AvgIpc) is 3.29. The van der Waals surface area contributed by atoms with Gasteiger partial charge < -0.3 is 24.3 Å². The first-order valence-corrected chi connectivity index (χ1v) is 9.39. The molecule has 4 rings (SSSR count). The summed E-state index contributed by atoms with van der Waals surface area (Å²) in [5, 5.41) is 3.10. The Morgan fingerprint density at radius 2 is 2.04 bits per heavy atom. The quantitative estimate of drug-likeness (QED) is 0.753. The van der Waals surface area contributed by atoms with Crippen molar-refractivity contribution in [3.63, 3.8) is 0 Å². The van der Waals surface area contributed by atoms with Gasteiger partial charge in [-0.1, -0.05) is 12.1 Å². The lowest BCUT2D eigenvalue weighted by Crippen LogP contribution is -2.34. The summed E-state index contributed by atoms with van der Waals surface area (Å²) in [5.41, 5.74) is 1.85. The van der Waals surface area contributed by atoms with Crippen LogP contribution in [0.25, 0.3) is 0 Å². The van der Waals surface area contributed by atoms with Crippen molar-refractivity contribution in [2.45, 2.75) is 25.0 Å². The highest BCUT2D eigenvalue weighted by molar-refractivity contribution is 5.86. The topological polar surface area (TPSA) is 78.9 Å². The van der Waals surface area contributed by atoms with Gasteiger partial charge in [-0.3, -0.25) is 4.79 Å². The maximum absolute atomic E-state index is 12.9. The fraction of sp³-hybridized carbons (Fsp3) is 0.429. The zero-order chi connectivity index (χ0) is 19.7. The molecule has 3 unspecified atom stereocenters. The van der Waals surface area contributed by atoms with Crippen molar-refractivity contribution < 1.29 is 23.7 Å². The van der Waals surface area contributed by atoms with E-state index >= 15 is 0 Å². The Kier molecular flexibility index (Phi) is 5.09. The van der Waals surface area contributed by atoms with Gasteiger partial charge in [0.25, 0.3) is 0 Å². The molecule has 1 N–H and O–H groups in total. The normalized spacial score (nSPS) is 22.5. The molecule has 0 radical (unpaired) electrons. The van der Waals surface area contributed by atoms with Crippen LogP contribution < -0.4 is 19.5 Å². The number of amides is 1. The SMILES string of the molecule is CCOc1ccc([C@H](COC)NC(=O)C2C3Oc4ccnc(OC)c4C32)cc1. The first kappa shape index (κ1) is 18.6. The van der Waals surface area contributed by atoms with Crippen LogP contribution in [0.2, 0.25) is 0 Å². The molecule has 0 spiro atoms. The Balaban J connectivity index is 1.46. The van der Waals surface area contributed by atoms with Gasteiger partial charge in [0.05, 0.1) is 37.8 Å². The summed E-state index contributed by atoms with van der Waals surface area (Å²) in [7, 11) is 3.20. The van der Waals surface area contributed by atoms with Crippen molar-refractivity contribution in [3.8, 4) is 17.4 Å². The van der Waals surface area contributed by atoms with Gasteiger partial charge in [0.15, 0.2) is 0 Å². The Hall–Kier alpha value is -2.80. The van der Waals surface area contributed by atoms with Crippen LogP contribution in [0.4, 0.5) is 0 Å². The molecule has 1 fully saturated rings. The second kappa shape index (κ2) is 7.67. The summed E-state index contributed by atoms with van der Waals surface area (Å²) >= 11 is 0. The Labute approximate surface area is 164 Å². The number of pyridine rings is 1. The number of hydrogen-bond acceptors (Lipinski definition) is 6. The molecule has 1 aromatic heterocycles. The number of rotatable bonds is 8. The molecule has 1 aromatic carbocycles. The second-order valence-corrected chi connectivity index (χ2v) is 6.88. The van der Waals surface area contributed by atoms with Gasteiger partial charge in [0.1, 0.15) is 17.6 Å². The van der Waals surface area contributed by atoms with Crippen molar-refractivity contribution in [1.29, 1.82) is 0 Å². The maximum Gasteiger partial charge on any atom is 0.228 e. The number of carbonyl (C=O) groups excluding carboxylic acids is 1. The van der Waals surface area contributed by atoms with Crippen molar-refractivity contribution in [3.05, 3.63) is 47.7 Å². The van der Waals surface area contributed by atoms with Gasteiger partial charge in [0.2, 0.25) is 11.8 Å². The van der Waals surface area contributed by atoms with E-state index in [4.69, 9.17) is 18.9 Å². The van der Waals surface area contributed by atoms with Crippen LogP contribution in [0.5, 0.6) is 17.4 Å². The minimum atomic E-state index is -0.246. The number of benzene rings is 1. The summed E-state index contributed by atoms with van der Waals surface area (Å²) in [6.07, 6.45) is 1.49. The molecule has 148 valence electrons. The van der Waals surface area contributed by atoms with Gasteiger partial charge in [-0.25, -0.2) is 4.98 Å². The smallest absolute Gasteiger partial charge is 0.228 e. The summed E-state index contributed by atoms with van der Waals surface area (Å²) in [6, 6.07) is 9.25. The second-order valence-electron chi connectivity index (χ2n) is 6.88. The maximum atomic E-state index is 12.9. The predicted molar refractivity (Wildman–Crippen MR) is 102 cm³/mol. The van der Waals surface area contributed by atoms with Crippen LogP contribution in [0.3, 0.4) is 0 Å². The predicted octanol–water partition coefficient (Wildman–Crippen LogP) is 2.47. The van der Waals surface area contributed by atoms with Gasteiger partial charge in [-0.2, -0.15) is 0 Å². The number of hydrogen-bond donors (Lipinski definition) is 1. The van der Waals surface area contributed by atoms with E-state index in [0.717, 1.165) is 22.6 Å². The zero-order valence-electron chi connectivity index (χ0n) is 16.2. The number of aromatic nitrogens is 1. The highest BCUT2D eigenvalue weighted by Gasteiger charge is 2.64. The molecule has 1 saturated carbocycles. The molecule has 2 aromatic rings. The minimum Gasteiger partial charge on any atom is -0.494 e. The lowest BCUT2D eigenvalue weighted by molar-refractivity contribution is -0.124. The minimum absolute atomic E-state index is 0.0119. The summed E-state index contributed by atoms with van der Waals surface area (Å²) in [4.78, 5) is 17.2. The van der Waals surface area contributed by atoms with Gasteiger partial charge >= 0.3 is 0 Å². The van der Waals surface area contributed by atoms with Crippen LogP contribution in [0, 0.1) is 5.92 Å². The molecular weight excluding hydrogens is 360 g/mol. The molecule has 0 saturated heterocycles. The first-order chi connectivity index (χ1) is 13.7. The molecule has 2 aliphatic rings. The molecule has 7 heteroatoms. The van der Waals surface area contributed by atoms with E-state index in [1.807, 2.05) is 37.3 Å². The standard InChI is InChI=1S/C21H24N2O5/c1-4-27-13-7-5-12(6-8-13)14(11-25-2)23-20(24)18-17-16-15(28-19(17)18)9-10-22-21(16)26-3/h5-10,14,17-19H,4,11H2,1-3H3,(H,23,24)/t14-,17?,18?,19?/m0/s1. The monoisotopic (exact) mass is 384 g/mol. The molecule has 1 aliphatic heterocycles. The van der Waals surface area contributed by atoms with Gasteiger partial charge in [-0.15, -0.1) is 0 Å². The van der Waals surface area contributed by atoms with Crippen LogP contribution >= 0.6 is 0 Å². The van der Waals surface area contributed by atoms with Crippen LogP contribution in [0.15, 0.2) is 36.5 Å². The van der Waals surface area contributed by atoms with Gasteiger partial charge in [0, 0.05) is 19.2 Å². The summed E-state index contributed by atoms with van der Waals surface area (Å²) in [5.74, 6) is 1.78. The number of methoxy groups -OCH3 is 2. The molecule has 1 amide bonds. The number of ether oxygens (including phenoxy) is 4. The van der Waals surface area contributed by atoms with E-state index in [1.165, 1.54) is 0 Å². The lowest BCUT2D eigenvalue weighted by Gasteiger charge is -2.19. The number of fused-ring (bicyclic) bond motifs is 3. The first-order valence-electron chi connectivity index (χ1n) is 9.39. The number of nitrogens with zero attached hydrogens (tertiary/aromatic N) is 1. The zero-order valence-corrected chi connectivity index (χ0v) is 16.2. The third-order valence-electron chi connectivity index (χ3n) is 5.20. The molecule has 2 heterocycles. The van der Waals surface area contributed by atoms with E-state index in [2.05, 4.69) is 10.3 Å². The van der Waals surface area contributed by atoms with E-state index < -0.39 is 0 Å². The van der Waals surface area contributed by atoms with Crippen molar-refractivity contribution in [2.24, 2.45) is 5.92 Å². The molecule has 0 bridgehead atoms. The molecule has 4 atom stereocenters. The highest BCUT2D eigenvalue weighted by atomic mass is 16.5. The lowest BCUT2D eigenvalue weighted by atomic mass is 10.1. The van der Waals surface area contributed by atoms with Crippen molar-refractivity contribution in [2.75, 3.05) is 27.4 Å². The van der Waals surface area contributed by atoms with E-state index in [-0.39, 0.29) is 29.9 Å². The molecular formula is C21H24N2O5. The fourth-order valence-electron chi connectivity index (χ4n) is 3.86. The average molecular weight is 384 g/mol. The Morgan fingerprint density at radius 3 is 2.71 bits per heavy atom. The summed E-state index contributed by atoms with van der Waals surface area (Å²) in [6.45, 7) is 2.94. The van der Waals surface area contributed by atoms with Crippen LogP contribution in [-0.4, -0.2) is 44.4 Å². The molecule has 28 heavy (non-hydrogen) atoms. The Bertz CT molecular complexity index is 854. The Morgan fingerprint density at radius 1 is 1.25 bits per heavy atom. The number of carbonyl (C=O) groups is 1. The third kappa shape index (κ3) is 3.26. The van der Waals surface area contributed by atoms with Crippen molar-refractivity contribution in [1.82, 2.24) is 10.3 Å². The largest absolute Gasteiger partial charge is 0.494 e. The highest BCUT2D eigenvalue weighted by Crippen LogP contribution is 2.60. The van der Waals surface area contributed by atoms with E-state index in [1.54, 1.807) is 20.4 Å². The van der Waals surface area contributed by atoms with E-state index in [0.29, 0.717) is 19.1 Å². The van der Waals surface area contributed by atoms with Gasteiger partial charge in [-0.05, 0) is 30.7 Å². The van der Waals surface area contributed by atoms with Crippen LogP contribution in [0.1, 0.15) is 30.0 Å². The fourth-order valence-corrected chi connectivity index (χ4v) is 3.86. The summed E-state index contributed by atoms with van der Waals surface area (Å²) < 4.78 is 22.1. The van der Waals surface area contributed by atoms with Crippen LogP contribution in [-0.2, 0) is 9.53 Å². The van der Waals surface area contributed by atoms with E-state index in [9.17, 15) is 4.79 Å². The van der Waals surface area contributed by atoms with Crippen molar-refractivity contribution >= 4 is 5.91 Å². The molecule has 1 aliphatic carbocycles. The number of nitrogens with one attached hydrogen (secondary N) is 1. The molecule has 7 nitrogen and oxygen atoms in total.